The van der Waals surface area contributed by atoms with Gasteiger partial charge in [0.15, 0.2) is 0 Å². The summed E-state index contributed by atoms with van der Waals surface area (Å²) in [6.45, 7) is 0.756. The fourth-order valence-corrected chi connectivity index (χ4v) is 2.96. The summed E-state index contributed by atoms with van der Waals surface area (Å²) in [7, 11) is 0. The minimum Gasteiger partial charge on any atom is -0.343 e. The molecule has 0 saturated carbocycles. The summed E-state index contributed by atoms with van der Waals surface area (Å²) < 4.78 is 2.16. The van der Waals surface area contributed by atoms with Crippen LogP contribution >= 0.6 is 0 Å². The topological polar surface area (TPSA) is 59.0 Å². The number of aromatic nitrogens is 2. The van der Waals surface area contributed by atoms with Crippen molar-refractivity contribution in [3.63, 3.8) is 0 Å². The molecule has 0 aliphatic heterocycles. The van der Waals surface area contributed by atoms with Gasteiger partial charge >= 0.3 is 6.03 Å². The van der Waals surface area contributed by atoms with Crippen LogP contribution in [0.5, 0.6) is 0 Å². The van der Waals surface area contributed by atoms with E-state index in [4.69, 9.17) is 0 Å². The summed E-state index contributed by atoms with van der Waals surface area (Å²) in [5.74, 6) is 0. The van der Waals surface area contributed by atoms with Gasteiger partial charge in [-0.1, -0.05) is 24.3 Å². The molecule has 128 valence electrons. The van der Waals surface area contributed by atoms with Crippen molar-refractivity contribution in [1.82, 2.24) is 9.55 Å². The lowest BCUT2D eigenvalue weighted by atomic mass is 10.2. The molecule has 0 saturated heterocycles. The molecule has 0 aliphatic rings. The molecule has 2 aromatic carbocycles. The van der Waals surface area contributed by atoms with E-state index in [1.807, 2.05) is 66.9 Å². The maximum Gasteiger partial charge on any atom is 0.323 e. The van der Waals surface area contributed by atoms with Crippen molar-refractivity contribution in [2.24, 2.45) is 0 Å². The van der Waals surface area contributed by atoms with Crippen LogP contribution in [0.4, 0.5) is 16.2 Å². The molecule has 2 amide bonds. The predicted molar refractivity (Wildman–Crippen MR) is 104 cm³/mol. The molecule has 2 heterocycles. The van der Waals surface area contributed by atoms with E-state index >= 15 is 0 Å². The van der Waals surface area contributed by atoms with Crippen molar-refractivity contribution in [3.05, 3.63) is 90.9 Å². The molecule has 0 aliphatic carbocycles. The van der Waals surface area contributed by atoms with E-state index in [0.29, 0.717) is 0 Å². The number of urea groups is 1. The highest BCUT2D eigenvalue weighted by atomic mass is 16.2. The minimum atomic E-state index is -0.259. The Bertz CT molecular complexity index is 1030. The molecule has 4 aromatic rings. The van der Waals surface area contributed by atoms with Gasteiger partial charge in [-0.3, -0.25) is 4.98 Å². The highest BCUT2D eigenvalue weighted by Gasteiger charge is 2.09. The average Bonchev–Trinajstić information content (AvgIpc) is 3.07. The monoisotopic (exact) mass is 342 g/mol. The largest absolute Gasteiger partial charge is 0.343 e. The van der Waals surface area contributed by atoms with Crippen LogP contribution in [0, 0.1) is 0 Å². The number of pyridine rings is 1. The van der Waals surface area contributed by atoms with Gasteiger partial charge in [-0.05, 0) is 48.0 Å². The number of rotatable bonds is 4. The molecule has 0 spiro atoms. The fraction of sp³-hybridized carbons (Fsp3) is 0.0476. The molecule has 0 atom stereocenters. The second-order valence-corrected chi connectivity index (χ2v) is 5.98. The zero-order valence-corrected chi connectivity index (χ0v) is 14.1. The molecule has 5 heteroatoms. The molecule has 2 aromatic heterocycles. The first-order valence-electron chi connectivity index (χ1n) is 8.39. The smallest absolute Gasteiger partial charge is 0.323 e. The first kappa shape index (κ1) is 15.9. The van der Waals surface area contributed by atoms with E-state index in [-0.39, 0.29) is 6.03 Å². The van der Waals surface area contributed by atoms with Crippen LogP contribution in [0.1, 0.15) is 5.56 Å². The van der Waals surface area contributed by atoms with Gasteiger partial charge in [0.1, 0.15) is 0 Å². The number of amides is 2. The van der Waals surface area contributed by atoms with Gasteiger partial charge in [-0.2, -0.15) is 0 Å². The number of benzene rings is 2. The summed E-state index contributed by atoms with van der Waals surface area (Å²) >= 11 is 0. The SMILES string of the molecule is O=C(Nc1ccccc1)Nc1cccc2c1ccn2Cc1ccncc1. The Morgan fingerprint density at radius 1 is 0.885 bits per heavy atom. The molecule has 4 rings (SSSR count). The molecule has 0 bridgehead atoms. The van der Waals surface area contributed by atoms with Gasteiger partial charge in [0.25, 0.3) is 0 Å². The molecule has 0 fully saturated rings. The van der Waals surface area contributed by atoms with E-state index in [0.717, 1.165) is 28.8 Å². The van der Waals surface area contributed by atoms with Crippen molar-refractivity contribution in [3.8, 4) is 0 Å². The van der Waals surface area contributed by atoms with Crippen molar-refractivity contribution < 1.29 is 4.79 Å². The lowest BCUT2D eigenvalue weighted by Crippen LogP contribution is -2.19. The molecule has 2 N–H and O–H groups in total. The summed E-state index contributed by atoms with van der Waals surface area (Å²) in [5, 5.41) is 6.78. The predicted octanol–water partition coefficient (Wildman–Crippen LogP) is 4.73. The van der Waals surface area contributed by atoms with Gasteiger partial charge in [0.05, 0.1) is 11.2 Å². The Kier molecular flexibility index (Phi) is 4.35. The Morgan fingerprint density at radius 2 is 1.69 bits per heavy atom. The Hall–Kier alpha value is -3.60. The summed E-state index contributed by atoms with van der Waals surface area (Å²) in [4.78, 5) is 16.3. The Labute approximate surface area is 151 Å². The average molecular weight is 342 g/mol. The second-order valence-electron chi connectivity index (χ2n) is 5.98. The third-order valence-corrected chi connectivity index (χ3v) is 4.20. The third kappa shape index (κ3) is 3.42. The van der Waals surface area contributed by atoms with Crippen molar-refractivity contribution in [1.29, 1.82) is 0 Å². The van der Waals surface area contributed by atoms with Crippen LogP contribution < -0.4 is 10.6 Å². The number of hydrogen-bond acceptors (Lipinski definition) is 2. The van der Waals surface area contributed by atoms with Gasteiger partial charge in [-0.25, -0.2) is 4.79 Å². The van der Waals surface area contributed by atoms with Gasteiger partial charge in [0, 0.05) is 36.2 Å². The lowest BCUT2D eigenvalue weighted by molar-refractivity contribution is 0.262. The number of carbonyl (C=O) groups excluding carboxylic acids is 1. The van der Waals surface area contributed by atoms with E-state index < -0.39 is 0 Å². The van der Waals surface area contributed by atoms with E-state index in [2.05, 4.69) is 26.3 Å². The molecular formula is C21H18N4O. The molecule has 0 radical (unpaired) electrons. The Balaban J connectivity index is 1.56. The fourth-order valence-electron chi connectivity index (χ4n) is 2.96. The zero-order chi connectivity index (χ0) is 17.8. The Morgan fingerprint density at radius 3 is 2.50 bits per heavy atom. The van der Waals surface area contributed by atoms with Gasteiger partial charge < -0.3 is 15.2 Å². The molecule has 5 nitrogen and oxygen atoms in total. The number of hydrogen-bond donors (Lipinski definition) is 2. The maximum atomic E-state index is 12.3. The maximum absolute atomic E-state index is 12.3. The normalized spacial score (nSPS) is 10.6. The van der Waals surface area contributed by atoms with Crippen LogP contribution in [0.2, 0.25) is 0 Å². The van der Waals surface area contributed by atoms with Crippen molar-refractivity contribution >= 4 is 28.3 Å². The second kappa shape index (κ2) is 7.11. The first-order valence-corrected chi connectivity index (χ1v) is 8.39. The number of nitrogens with one attached hydrogen (secondary N) is 2. The van der Waals surface area contributed by atoms with Crippen molar-refractivity contribution in [2.75, 3.05) is 10.6 Å². The van der Waals surface area contributed by atoms with Gasteiger partial charge in [-0.15, -0.1) is 0 Å². The zero-order valence-electron chi connectivity index (χ0n) is 14.1. The van der Waals surface area contributed by atoms with E-state index in [1.165, 1.54) is 5.56 Å². The van der Waals surface area contributed by atoms with E-state index in [1.54, 1.807) is 12.4 Å². The summed E-state index contributed by atoms with van der Waals surface area (Å²) in [5.41, 5.74) is 3.79. The summed E-state index contributed by atoms with van der Waals surface area (Å²) in [6.07, 6.45) is 5.62. The molecule has 0 unspecified atom stereocenters. The number of carbonyl (C=O) groups is 1. The van der Waals surface area contributed by atoms with Crippen LogP contribution in [-0.4, -0.2) is 15.6 Å². The number of para-hydroxylation sites is 1. The van der Waals surface area contributed by atoms with E-state index in [9.17, 15) is 4.79 Å². The summed E-state index contributed by atoms with van der Waals surface area (Å²) in [6, 6.07) is 21.1. The highest BCUT2D eigenvalue weighted by Crippen LogP contribution is 2.25. The van der Waals surface area contributed by atoms with Crippen LogP contribution in [0.25, 0.3) is 10.9 Å². The van der Waals surface area contributed by atoms with Crippen LogP contribution in [0.15, 0.2) is 85.3 Å². The number of anilines is 2. The van der Waals surface area contributed by atoms with Crippen molar-refractivity contribution in [2.45, 2.75) is 6.54 Å². The van der Waals surface area contributed by atoms with Crippen LogP contribution in [0.3, 0.4) is 0 Å². The molecule has 26 heavy (non-hydrogen) atoms. The number of fused-ring (bicyclic) bond motifs is 1. The highest BCUT2D eigenvalue weighted by molar-refractivity contribution is 6.05. The quantitative estimate of drug-likeness (QED) is 0.563. The van der Waals surface area contributed by atoms with Crippen LogP contribution in [-0.2, 0) is 6.54 Å². The lowest BCUT2D eigenvalue weighted by Gasteiger charge is -2.10. The molecular weight excluding hydrogens is 324 g/mol. The minimum absolute atomic E-state index is 0.259. The number of nitrogens with zero attached hydrogens (tertiary/aromatic N) is 2. The first-order chi connectivity index (χ1) is 12.8. The third-order valence-electron chi connectivity index (χ3n) is 4.20. The van der Waals surface area contributed by atoms with Gasteiger partial charge in [0.2, 0.25) is 0 Å². The standard InChI is InChI=1S/C21H18N4O/c26-21(23-17-5-2-1-3-6-17)24-19-7-4-8-20-18(19)11-14-25(20)15-16-9-12-22-13-10-16/h1-14H,15H2,(H2,23,24,26).